The second-order valence-corrected chi connectivity index (χ2v) is 7.12. The van der Waals surface area contributed by atoms with Gasteiger partial charge in [0.25, 0.3) is 0 Å². The van der Waals surface area contributed by atoms with Gasteiger partial charge < -0.3 is 10.2 Å². The monoisotopic (exact) mass is 314 g/mol. The van der Waals surface area contributed by atoms with Crippen LogP contribution in [0.15, 0.2) is 0 Å². The van der Waals surface area contributed by atoms with E-state index in [4.69, 9.17) is 0 Å². The molecule has 122 valence electrons. The van der Waals surface area contributed by atoms with Gasteiger partial charge in [-0.05, 0) is 50.6 Å². The van der Waals surface area contributed by atoms with Crippen molar-refractivity contribution < 1.29 is 4.79 Å². The lowest BCUT2D eigenvalue weighted by molar-refractivity contribution is -0.136. The molecule has 1 amide bonds. The maximum Gasteiger partial charge on any atom is 0.225 e. The Bertz CT molecular complexity index is 315. The average Bonchev–Trinajstić information content (AvgIpc) is 2.77. The molecular formula is C17H31ClN2O. The Balaban J connectivity index is 0.00000161. The number of nitrogens with zero attached hydrogens (tertiary/aromatic N) is 1. The van der Waals surface area contributed by atoms with Crippen molar-refractivity contribution in [2.75, 3.05) is 26.2 Å². The number of carbonyl (C=O) groups is 1. The van der Waals surface area contributed by atoms with E-state index in [2.05, 4.69) is 10.2 Å². The standard InChI is InChI=1S/C17H30N2O.ClH/c20-17(14-6-4-2-1-3-5-7-14)19-10-8-15-12-18-13-16(15)9-11-19;/h14-16,18H,1-13H2;1H/t15-,16+;. The van der Waals surface area contributed by atoms with Gasteiger partial charge in [0.05, 0.1) is 0 Å². The summed E-state index contributed by atoms with van der Waals surface area (Å²) < 4.78 is 0. The predicted octanol–water partition coefficient (Wildman–Crippen LogP) is 3.23. The van der Waals surface area contributed by atoms with Crippen LogP contribution in [0.4, 0.5) is 0 Å². The SMILES string of the molecule is Cl.O=C(C1CCCCCCC1)N1CC[C@@H]2CNC[C@@H]2CC1. The van der Waals surface area contributed by atoms with Crippen molar-refractivity contribution in [2.24, 2.45) is 17.8 Å². The molecule has 0 aromatic carbocycles. The van der Waals surface area contributed by atoms with Crippen molar-refractivity contribution >= 4 is 18.3 Å². The molecule has 2 aliphatic heterocycles. The topological polar surface area (TPSA) is 32.3 Å². The summed E-state index contributed by atoms with van der Waals surface area (Å²) in [6.07, 6.45) is 11.3. The van der Waals surface area contributed by atoms with Gasteiger partial charge in [-0.2, -0.15) is 0 Å². The third kappa shape index (κ3) is 4.35. The Labute approximate surface area is 135 Å². The quantitative estimate of drug-likeness (QED) is 0.806. The fourth-order valence-electron chi connectivity index (χ4n) is 4.40. The van der Waals surface area contributed by atoms with Crippen LogP contribution in [0.5, 0.6) is 0 Å². The van der Waals surface area contributed by atoms with E-state index in [0.717, 1.165) is 37.8 Å². The average molecular weight is 315 g/mol. The first kappa shape index (κ1) is 17.1. The van der Waals surface area contributed by atoms with Gasteiger partial charge in [-0.15, -0.1) is 12.4 Å². The summed E-state index contributed by atoms with van der Waals surface area (Å²) in [5, 5.41) is 3.51. The second-order valence-electron chi connectivity index (χ2n) is 7.12. The molecule has 3 rings (SSSR count). The van der Waals surface area contributed by atoms with Gasteiger partial charge in [-0.1, -0.05) is 32.1 Å². The zero-order chi connectivity index (χ0) is 13.8. The number of likely N-dealkylation sites (tertiary alicyclic amines) is 1. The first-order valence-electron chi connectivity index (χ1n) is 8.84. The lowest BCUT2D eigenvalue weighted by Gasteiger charge is -2.27. The Morgan fingerprint density at radius 2 is 1.33 bits per heavy atom. The van der Waals surface area contributed by atoms with Gasteiger partial charge in [-0.25, -0.2) is 0 Å². The molecule has 3 fully saturated rings. The normalized spacial score (nSPS) is 31.5. The highest BCUT2D eigenvalue weighted by Crippen LogP contribution is 2.29. The van der Waals surface area contributed by atoms with Gasteiger partial charge in [0, 0.05) is 19.0 Å². The largest absolute Gasteiger partial charge is 0.342 e. The molecule has 2 saturated heterocycles. The third-order valence-electron chi connectivity index (χ3n) is 5.79. The number of halogens is 1. The summed E-state index contributed by atoms with van der Waals surface area (Å²) >= 11 is 0. The second kappa shape index (κ2) is 8.38. The third-order valence-corrected chi connectivity index (χ3v) is 5.79. The molecule has 3 aliphatic rings. The molecule has 1 saturated carbocycles. The minimum Gasteiger partial charge on any atom is -0.342 e. The van der Waals surface area contributed by atoms with Crippen LogP contribution in [-0.4, -0.2) is 37.0 Å². The Morgan fingerprint density at radius 3 is 1.90 bits per heavy atom. The minimum atomic E-state index is 0. The zero-order valence-electron chi connectivity index (χ0n) is 13.2. The van der Waals surface area contributed by atoms with Gasteiger partial charge in [0.2, 0.25) is 5.91 Å². The van der Waals surface area contributed by atoms with E-state index in [1.807, 2.05) is 0 Å². The molecule has 0 bridgehead atoms. The summed E-state index contributed by atoms with van der Waals surface area (Å²) in [4.78, 5) is 15.0. The predicted molar refractivity (Wildman–Crippen MR) is 88.7 cm³/mol. The molecule has 2 atom stereocenters. The molecule has 0 spiro atoms. The molecule has 1 N–H and O–H groups in total. The number of rotatable bonds is 1. The highest BCUT2D eigenvalue weighted by Gasteiger charge is 2.33. The maximum absolute atomic E-state index is 12.8. The van der Waals surface area contributed by atoms with E-state index < -0.39 is 0 Å². The number of fused-ring (bicyclic) bond motifs is 1. The number of hydrogen-bond donors (Lipinski definition) is 1. The van der Waals surface area contributed by atoms with Crippen LogP contribution >= 0.6 is 12.4 Å². The molecule has 21 heavy (non-hydrogen) atoms. The van der Waals surface area contributed by atoms with Crippen molar-refractivity contribution in [3.8, 4) is 0 Å². The Morgan fingerprint density at radius 1 is 0.810 bits per heavy atom. The first-order chi connectivity index (χ1) is 9.84. The number of amides is 1. The molecule has 2 heterocycles. The lowest BCUT2D eigenvalue weighted by Crippen LogP contribution is -2.37. The number of nitrogens with one attached hydrogen (secondary N) is 1. The van der Waals surface area contributed by atoms with E-state index in [1.165, 1.54) is 58.0 Å². The fraction of sp³-hybridized carbons (Fsp3) is 0.941. The highest BCUT2D eigenvalue weighted by molar-refractivity contribution is 5.85. The summed E-state index contributed by atoms with van der Waals surface area (Å²) in [7, 11) is 0. The molecule has 3 nitrogen and oxygen atoms in total. The van der Waals surface area contributed by atoms with Gasteiger partial charge in [-0.3, -0.25) is 4.79 Å². The molecule has 4 heteroatoms. The molecule has 0 aromatic rings. The van der Waals surface area contributed by atoms with E-state index >= 15 is 0 Å². The highest BCUT2D eigenvalue weighted by atomic mass is 35.5. The Hall–Kier alpha value is -0.280. The van der Waals surface area contributed by atoms with Gasteiger partial charge in [0.1, 0.15) is 0 Å². The maximum atomic E-state index is 12.8. The van der Waals surface area contributed by atoms with Crippen molar-refractivity contribution in [1.29, 1.82) is 0 Å². The van der Waals surface area contributed by atoms with Crippen LogP contribution in [0, 0.1) is 17.8 Å². The van der Waals surface area contributed by atoms with Crippen LogP contribution in [0.3, 0.4) is 0 Å². The molecule has 0 aromatic heterocycles. The minimum absolute atomic E-state index is 0. The lowest BCUT2D eigenvalue weighted by atomic mass is 9.90. The number of hydrogen-bond acceptors (Lipinski definition) is 2. The van der Waals surface area contributed by atoms with Crippen LogP contribution in [0.25, 0.3) is 0 Å². The summed E-state index contributed by atoms with van der Waals surface area (Å²) in [6, 6.07) is 0. The fourth-order valence-corrected chi connectivity index (χ4v) is 4.40. The molecule has 1 aliphatic carbocycles. The Kier molecular flexibility index (Phi) is 6.81. The van der Waals surface area contributed by atoms with Crippen LogP contribution in [-0.2, 0) is 4.79 Å². The van der Waals surface area contributed by atoms with E-state index in [0.29, 0.717) is 11.8 Å². The van der Waals surface area contributed by atoms with Crippen molar-refractivity contribution in [3.63, 3.8) is 0 Å². The van der Waals surface area contributed by atoms with Crippen molar-refractivity contribution in [3.05, 3.63) is 0 Å². The zero-order valence-corrected chi connectivity index (χ0v) is 14.0. The summed E-state index contributed by atoms with van der Waals surface area (Å²) in [6.45, 7) is 4.38. The molecule has 0 unspecified atom stereocenters. The van der Waals surface area contributed by atoms with E-state index in [9.17, 15) is 4.79 Å². The molecule has 0 radical (unpaired) electrons. The van der Waals surface area contributed by atoms with Crippen molar-refractivity contribution in [1.82, 2.24) is 10.2 Å². The number of carbonyl (C=O) groups excluding carboxylic acids is 1. The van der Waals surface area contributed by atoms with Crippen LogP contribution in [0.1, 0.15) is 57.8 Å². The first-order valence-corrected chi connectivity index (χ1v) is 8.84. The molecular weight excluding hydrogens is 284 g/mol. The van der Waals surface area contributed by atoms with Gasteiger partial charge >= 0.3 is 0 Å². The van der Waals surface area contributed by atoms with Crippen LogP contribution < -0.4 is 5.32 Å². The van der Waals surface area contributed by atoms with Gasteiger partial charge in [0.15, 0.2) is 0 Å². The summed E-state index contributed by atoms with van der Waals surface area (Å²) in [5.74, 6) is 2.47. The smallest absolute Gasteiger partial charge is 0.225 e. The van der Waals surface area contributed by atoms with E-state index in [1.54, 1.807) is 0 Å². The van der Waals surface area contributed by atoms with Crippen LogP contribution in [0.2, 0.25) is 0 Å². The van der Waals surface area contributed by atoms with E-state index in [-0.39, 0.29) is 12.4 Å². The summed E-state index contributed by atoms with van der Waals surface area (Å²) in [5.41, 5.74) is 0. The van der Waals surface area contributed by atoms with Crippen molar-refractivity contribution in [2.45, 2.75) is 57.8 Å².